The van der Waals surface area contributed by atoms with Crippen LogP contribution in [0.3, 0.4) is 0 Å². The monoisotopic (exact) mass is 244 g/mol. The summed E-state index contributed by atoms with van der Waals surface area (Å²) in [6, 6.07) is 5.61. The van der Waals surface area contributed by atoms with Crippen LogP contribution in [-0.2, 0) is 11.2 Å². The van der Waals surface area contributed by atoms with Crippen molar-refractivity contribution in [3.05, 3.63) is 30.0 Å². The summed E-state index contributed by atoms with van der Waals surface area (Å²) in [7, 11) is 0. The molecule has 4 heteroatoms. The third-order valence-electron chi connectivity index (χ3n) is 3.32. The molecule has 0 radical (unpaired) electrons. The Bertz CT molecular complexity index is 584. The number of nitrogens with one attached hydrogen (secondary N) is 1. The molecule has 0 spiro atoms. The Morgan fingerprint density at radius 3 is 3.06 bits per heavy atom. The molecule has 4 nitrogen and oxygen atoms in total. The predicted octanol–water partition coefficient (Wildman–Crippen LogP) is 2.08. The lowest BCUT2D eigenvalue weighted by atomic mass is 10.1. The molecule has 1 heterocycles. The highest BCUT2D eigenvalue weighted by atomic mass is 16.3. The van der Waals surface area contributed by atoms with Gasteiger partial charge in [0, 0.05) is 29.1 Å². The van der Waals surface area contributed by atoms with E-state index in [1.165, 1.54) is 0 Å². The molecule has 18 heavy (non-hydrogen) atoms. The van der Waals surface area contributed by atoms with Crippen molar-refractivity contribution < 1.29 is 9.21 Å². The highest BCUT2D eigenvalue weighted by Crippen LogP contribution is 2.28. The summed E-state index contributed by atoms with van der Waals surface area (Å²) >= 11 is 0. The van der Waals surface area contributed by atoms with Crippen molar-refractivity contribution in [3.63, 3.8) is 0 Å². The first-order chi connectivity index (χ1) is 8.74. The molecule has 1 amide bonds. The highest BCUT2D eigenvalue weighted by Gasteiger charge is 2.29. The maximum Gasteiger partial charge on any atom is 0.223 e. The first-order valence-corrected chi connectivity index (χ1v) is 6.27. The zero-order valence-electron chi connectivity index (χ0n) is 10.1. The molecule has 1 aliphatic rings. The van der Waals surface area contributed by atoms with Crippen LogP contribution in [0, 0.1) is 5.92 Å². The van der Waals surface area contributed by atoms with E-state index in [-0.39, 0.29) is 11.8 Å². The van der Waals surface area contributed by atoms with Crippen LogP contribution < -0.4 is 11.1 Å². The van der Waals surface area contributed by atoms with E-state index in [1.54, 1.807) is 6.26 Å². The molecule has 94 valence electrons. The number of hydrogen-bond donors (Lipinski definition) is 2. The van der Waals surface area contributed by atoms with Crippen LogP contribution in [0.1, 0.15) is 18.4 Å². The van der Waals surface area contributed by atoms with Crippen LogP contribution in [0.4, 0.5) is 5.69 Å². The van der Waals surface area contributed by atoms with Crippen molar-refractivity contribution in [2.75, 3.05) is 12.3 Å². The molecule has 1 aromatic heterocycles. The average molecular weight is 244 g/mol. The second kappa shape index (κ2) is 4.37. The minimum absolute atomic E-state index is 0.183. The van der Waals surface area contributed by atoms with Gasteiger partial charge in [0.05, 0.1) is 6.26 Å². The fraction of sp³-hybridized carbons (Fsp3) is 0.357. The Morgan fingerprint density at radius 1 is 1.44 bits per heavy atom. The molecule has 1 aliphatic carbocycles. The third kappa shape index (κ3) is 2.18. The average Bonchev–Trinajstić information content (AvgIpc) is 3.13. The van der Waals surface area contributed by atoms with Gasteiger partial charge in [-0.15, -0.1) is 0 Å². The molecule has 0 atom stereocenters. The molecule has 0 bridgehead atoms. The Kier molecular flexibility index (Phi) is 2.70. The van der Waals surface area contributed by atoms with Gasteiger partial charge in [-0.3, -0.25) is 4.79 Å². The summed E-state index contributed by atoms with van der Waals surface area (Å²) in [5.74, 6) is 0.448. The minimum Gasteiger partial charge on any atom is -0.464 e. The van der Waals surface area contributed by atoms with Crippen LogP contribution in [0.25, 0.3) is 11.0 Å². The maximum absolute atomic E-state index is 11.5. The zero-order valence-corrected chi connectivity index (χ0v) is 10.1. The smallest absolute Gasteiger partial charge is 0.223 e. The van der Waals surface area contributed by atoms with E-state index in [1.807, 2.05) is 18.2 Å². The number of benzene rings is 1. The molecule has 1 saturated carbocycles. The van der Waals surface area contributed by atoms with E-state index in [0.717, 1.165) is 41.5 Å². The fourth-order valence-electron chi connectivity index (χ4n) is 2.10. The summed E-state index contributed by atoms with van der Waals surface area (Å²) in [4.78, 5) is 11.5. The third-order valence-corrected chi connectivity index (χ3v) is 3.32. The first-order valence-electron chi connectivity index (χ1n) is 6.27. The first kappa shape index (κ1) is 11.1. The lowest BCUT2D eigenvalue weighted by molar-refractivity contribution is -0.122. The summed E-state index contributed by atoms with van der Waals surface area (Å²) in [5, 5.41) is 3.99. The van der Waals surface area contributed by atoms with Gasteiger partial charge in [0.2, 0.25) is 5.91 Å². The van der Waals surface area contributed by atoms with E-state index < -0.39 is 0 Å². The topological polar surface area (TPSA) is 68.3 Å². The highest BCUT2D eigenvalue weighted by molar-refractivity contribution is 5.84. The number of furan rings is 1. The molecule has 3 N–H and O–H groups in total. The normalized spacial score (nSPS) is 14.9. The quantitative estimate of drug-likeness (QED) is 0.809. The lowest BCUT2D eigenvalue weighted by Gasteiger charge is -2.03. The van der Waals surface area contributed by atoms with Gasteiger partial charge in [-0.2, -0.15) is 0 Å². The summed E-state index contributed by atoms with van der Waals surface area (Å²) in [6.45, 7) is 0.652. The van der Waals surface area contributed by atoms with Crippen LogP contribution in [0.2, 0.25) is 0 Å². The largest absolute Gasteiger partial charge is 0.464 e. The number of hydrogen-bond acceptors (Lipinski definition) is 3. The number of fused-ring (bicyclic) bond motifs is 1. The Balaban J connectivity index is 1.66. The number of nitrogens with two attached hydrogens (primary N) is 1. The van der Waals surface area contributed by atoms with Gasteiger partial charge in [0.15, 0.2) is 0 Å². The van der Waals surface area contributed by atoms with E-state index in [9.17, 15) is 4.79 Å². The van der Waals surface area contributed by atoms with Crippen LogP contribution in [-0.4, -0.2) is 12.5 Å². The molecule has 0 saturated heterocycles. The standard InChI is InChI=1S/C14H16N2O2/c15-11-3-4-13-12(7-11)10(8-18-13)5-6-16-14(17)9-1-2-9/h3-4,7-9H,1-2,5-6,15H2,(H,16,17). The molecule has 0 unspecified atom stereocenters. The van der Waals surface area contributed by atoms with Gasteiger partial charge in [-0.1, -0.05) is 0 Å². The molecular formula is C14H16N2O2. The second-order valence-electron chi connectivity index (χ2n) is 4.83. The molecule has 1 fully saturated rings. The van der Waals surface area contributed by atoms with E-state index in [0.29, 0.717) is 6.54 Å². The van der Waals surface area contributed by atoms with Crippen LogP contribution in [0.15, 0.2) is 28.9 Å². The number of rotatable bonds is 4. The Hall–Kier alpha value is -1.97. The van der Waals surface area contributed by atoms with Crippen molar-refractivity contribution in [3.8, 4) is 0 Å². The number of nitrogen functional groups attached to an aromatic ring is 1. The molecule has 3 rings (SSSR count). The van der Waals surface area contributed by atoms with Crippen molar-refractivity contribution in [2.45, 2.75) is 19.3 Å². The zero-order chi connectivity index (χ0) is 12.5. The fourth-order valence-corrected chi connectivity index (χ4v) is 2.10. The summed E-state index contributed by atoms with van der Waals surface area (Å²) < 4.78 is 5.45. The van der Waals surface area contributed by atoms with E-state index in [2.05, 4.69) is 5.32 Å². The Labute approximate surface area is 105 Å². The summed E-state index contributed by atoms with van der Waals surface area (Å²) in [5.41, 5.74) is 8.43. The van der Waals surface area contributed by atoms with Gasteiger partial charge < -0.3 is 15.5 Å². The van der Waals surface area contributed by atoms with Gasteiger partial charge in [-0.05, 0) is 37.5 Å². The minimum atomic E-state index is 0.183. The van der Waals surface area contributed by atoms with Crippen molar-refractivity contribution >= 4 is 22.6 Å². The van der Waals surface area contributed by atoms with E-state index in [4.69, 9.17) is 10.2 Å². The van der Waals surface area contributed by atoms with Crippen LogP contribution >= 0.6 is 0 Å². The molecule has 1 aromatic carbocycles. The van der Waals surface area contributed by atoms with Gasteiger partial charge in [0.1, 0.15) is 5.58 Å². The van der Waals surface area contributed by atoms with Gasteiger partial charge in [0.25, 0.3) is 0 Å². The predicted molar refractivity (Wildman–Crippen MR) is 70.1 cm³/mol. The Morgan fingerprint density at radius 2 is 2.28 bits per heavy atom. The van der Waals surface area contributed by atoms with Crippen LogP contribution in [0.5, 0.6) is 0 Å². The van der Waals surface area contributed by atoms with Crippen molar-refractivity contribution in [1.29, 1.82) is 0 Å². The molecule has 0 aliphatic heterocycles. The number of anilines is 1. The van der Waals surface area contributed by atoms with Gasteiger partial charge in [-0.25, -0.2) is 0 Å². The van der Waals surface area contributed by atoms with Crippen molar-refractivity contribution in [1.82, 2.24) is 5.32 Å². The number of carbonyl (C=O) groups is 1. The van der Waals surface area contributed by atoms with E-state index >= 15 is 0 Å². The number of amides is 1. The molecule has 2 aromatic rings. The maximum atomic E-state index is 11.5. The lowest BCUT2D eigenvalue weighted by Crippen LogP contribution is -2.26. The molecular weight excluding hydrogens is 228 g/mol. The van der Waals surface area contributed by atoms with Gasteiger partial charge >= 0.3 is 0 Å². The van der Waals surface area contributed by atoms with Crippen molar-refractivity contribution in [2.24, 2.45) is 5.92 Å². The number of carbonyl (C=O) groups excluding carboxylic acids is 1. The summed E-state index contributed by atoms with van der Waals surface area (Å²) in [6.07, 6.45) is 4.59. The SMILES string of the molecule is Nc1ccc2occ(CCNC(=O)C3CC3)c2c1. The second-order valence-corrected chi connectivity index (χ2v) is 4.83.